The third-order valence-corrected chi connectivity index (χ3v) is 2.71. The van der Waals surface area contributed by atoms with E-state index in [9.17, 15) is 9.59 Å². The van der Waals surface area contributed by atoms with Gasteiger partial charge in [0, 0.05) is 27.3 Å². The van der Waals surface area contributed by atoms with Gasteiger partial charge in [-0.15, -0.1) is 0 Å². The Kier molecular flexibility index (Phi) is 4.70. The van der Waals surface area contributed by atoms with Crippen molar-refractivity contribution in [3.8, 4) is 0 Å². The number of carbonyl (C=O) groups is 2. The van der Waals surface area contributed by atoms with Crippen molar-refractivity contribution in [1.29, 1.82) is 0 Å². The van der Waals surface area contributed by atoms with Crippen LogP contribution in [0.25, 0.3) is 0 Å². The first-order valence-electron chi connectivity index (χ1n) is 5.36. The van der Waals surface area contributed by atoms with Crippen molar-refractivity contribution in [2.45, 2.75) is 24.9 Å². The minimum Gasteiger partial charge on any atom is -0.385 e. The molecule has 3 N–H and O–H groups in total. The van der Waals surface area contributed by atoms with E-state index < -0.39 is 12.1 Å². The van der Waals surface area contributed by atoms with Gasteiger partial charge in [0.25, 0.3) is 0 Å². The Hall–Kier alpha value is -1.14. The molecule has 1 rings (SSSR count). The first-order valence-corrected chi connectivity index (χ1v) is 5.36. The second kappa shape index (κ2) is 5.81. The lowest BCUT2D eigenvalue weighted by Gasteiger charge is -2.15. The van der Waals surface area contributed by atoms with E-state index >= 15 is 0 Å². The van der Waals surface area contributed by atoms with Crippen LogP contribution < -0.4 is 11.1 Å². The third-order valence-electron chi connectivity index (χ3n) is 2.71. The Morgan fingerprint density at radius 3 is 2.94 bits per heavy atom. The Morgan fingerprint density at radius 1 is 1.75 bits per heavy atom. The molecule has 1 fully saturated rings. The van der Waals surface area contributed by atoms with E-state index in [2.05, 4.69) is 5.32 Å². The fraction of sp³-hybridized carbons (Fsp3) is 0.800. The summed E-state index contributed by atoms with van der Waals surface area (Å²) in [5.41, 5.74) is 5.64. The number of nitrogens with two attached hydrogens (primary N) is 1. The summed E-state index contributed by atoms with van der Waals surface area (Å²) in [7, 11) is 3.28. The predicted octanol–water partition coefficient (Wildman–Crippen LogP) is -1.30. The van der Waals surface area contributed by atoms with Gasteiger partial charge in [0.1, 0.15) is 6.04 Å². The molecule has 16 heavy (non-hydrogen) atoms. The number of ether oxygens (including phenoxy) is 1. The molecule has 0 aromatic heterocycles. The summed E-state index contributed by atoms with van der Waals surface area (Å²) in [6.07, 6.45) is 1.11. The van der Waals surface area contributed by atoms with Gasteiger partial charge in [-0.25, -0.2) is 0 Å². The zero-order chi connectivity index (χ0) is 12.1. The Bertz CT molecular complexity index is 270. The maximum absolute atomic E-state index is 11.6. The van der Waals surface area contributed by atoms with Crippen LogP contribution >= 0.6 is 0 Å². The molecule has 1 aliphatic heterocycles. The molecule has 0 spiro atoms. The van der Waals surface area contributed by atoms with E-state index in [-0.39, 0.29) is 11.8 Å². The highest BCUT2D eigenvalue weighted by molar-refractivity contribution is 5.90. The molecule has 2 unspecified atom stereocenters. The number of hydrogen-bond donors (Lipinski definition) is 2. The second-order valence-electron chi connectivity index (χ2n) is 4.00. The Labute approximate surface area is 95.1 Å². The molecule has 0 saturated carbocycles. The normalized spacial score (nSPS) is 22.3. The molecule has 2 amide bonds. The average Bonchev–Trinajstić information content (AvgIpc) is 2.57. The largest absolute Gasteiger partial charge is 0.385 e. The van der Waals surface area contributed by atoms with Gasteiger partial charge in [-0.3, -0.25) is 9.59 Å². The summed E-state index contributed by atoms with van der Waals surface area (Å²) in [5.74, 6) is -0.335. The van der Waals surface area contributed by atoms with Crippen molar-refractivity contribution in [1.82, 2.24) is 10.2 Å². The van der Waals surface area contributed by atoms with Gasteiger partial charge < -0.3 is 20.7 Å². The van der Waals surface area contributed by atoms with Crippen LogP contribution in [0.3, 0.4) is 0 Å². The fourth-order valence-electron chi connectivity index (χ4n) is 1.61. The molecule has 1 aliphatic rings. The van der Waals surface area contributed by atoms with Crippen molar-refractivity contribution in [2.24, 2.45) is 5.73 Å². The quantitative estimate of drug-likeness (QED) is 0.613. The van der Waals surface area contributed by atoms with Crippen LogP contribution in [0.5, 0.6) is 0 Å². The number of nitrogens with zero attached hydrogens (tertiary/aromatic N) is 1. The molecule has 6 nitrogen and oxygen atoms in total. The van der Waals surface area contributed by atoms with Crippen molar-refractivity contribution in [2.75, 3.05) is 27.3 Å². The maximum Gasteiger partial charge on any atom is 0.244 e. The van der Waals surface area contributed by atoms with Gasteiger partial charge in [0.15, 0.2) is 0 Å². The zero-order valence-electron chi connectivity index (χ0n) is 9.73. The molecule has 6 heteroatoms. The van der Waals surface area contributed by atoms with Gasteiger partial charge in [-0.2, -0.15) is 0 Å². The number of carbonyl (C=O) groups excluding carboxylic acids is 2. The second-order valence-corrected chi connectivity index (χ2v) is 4.00. The van der Waals surface area contributed by atoms with Crippen LogP contribution in [-0.4, -0.2) is 56.1 Å². The molecule has 0 bridgehead atoms. The van der Waals surface area contributed by atoms with E-state index in [1.54, 1.807) is 19.1 Å². The van der Waals surface area contributed by atoms with Crippen molar-refractivity contribution in [3.63, 3.8) is 0 Å². The van der Waals surface area contributed by atoms with Crippen molar-refractivity contribution in [3.05, 3.63) is 0 Å². The van der Waals surface area contributed by atoms with Crippen LogP contribution in [0, 0.1) is 0 Å². The third kappa shape index (κ3) is 3.18. The Balaban J connectivity index is 2.36. The van der Waals surface area contributed by atoms with Gasteiger partial charge >= 0.3 is 0 Å². The molecule has 1 heterocycles. The summed E-state index contributed by atoms with van der Waals surface area (Å²) in [6.45, 7) is 1.12. The SMILES string of the molecule is COCCC(N)C(=O)NC1CCN(C)C1=O. The van der Waals surface area contributed by atoms with Gasteiger partial charge in [-0.1, -0.05) is 0 Å². The standard InChI is InChI=1S/C10H19N3O3/c1-13-5-3-8(10(13)15)12-9(14)7(11)4-6-16-2/h7-8H,3-6,11H2,1-2H3,(H,12,14). The van der Waals surface area contributed by atoms with Gasteiger partial charge in [-0.05, 0) is 12.8 Å². The van der Waals surface area contributed by atoms with E-state index in [0.29, 0.717) is 26.0 Å². The van der Waals surface area contributed by atoms with Crippen LogP contribution in [0.1, 0.15) is 12.8 Å². The number of hydrogen-bond acceptors (Lipinski definition) is 4. The first-order chi connectivity index (χ1) is 7.56. The minimum atomic E-state index is -0.612. The van der Waals surface area contributed by atoms with E-state index in [1.807, 2.05) is 0 Å². The van der Waals surface area contributed by atoms with E-state index in [1.165, 1.54) is 0 Å². The molecule has 0 aliphatic carbocycles. The lowest BCUT2D eigenvalue weighted by molar-refractivity contribution is -0.132. The van der Waals surface area contributed by atoms with E-state index in [0.717, 1.165) is 0 Å². The Morgan fingerprint density at radius 2 is 2.44 bits per heavy atom. The highest BCUT2D eigenvalue weighted by atomic mass is 16.5. The van der Waals surface area contributed by atoms with Crippen molar-refractivity contribution < 1.29 is 14.3 Å². The van der Waals surface area contributed by atoms with E-state index in [4.69, 9.17) is 10.5 Å². The number of nitrogens with one attached hydrogen (secondary N) is 1. The van der Waals surface area contributed by atoms with Crippen LogP contribution in [0.2, 0.25) is 0 Å². The molecule has 92 valence electrons. The predicted molar refractivity (Wildman–Crippen MR) is 58.7 cm³/mol. The number of amides is 2. The molecule has 0 radical (unpaired) electrons. The molecule has 1 saturated heterocycles. The maximum atomic E-state index is 11.6. The summed E-state index contributed by atoms with van der Waals surface area (Å²) in [6, 6.07) is -1.02. The van der Waals surface area contributed by atoms with Crippen molar-refractivity contribution >= 4 is 11.8 Å². The highest BCUT2D eigenvalue weighted by Crippen LogP contribution is 2.08. The number of likely N-dealkylation sites (tertiary alicyclic amines) is 1. The smallest absolute Gasteiger partial charge is 0.244 e. The summed E-state index contributed by atoms with van der Waals surface area (Å²) >= 11 is 0. The monoisotopic (exact) mass is 229 g/mol. The van der Waals surface area contributed by atoms with Gasteiger partial charge in [0.05, 0.1) is 6.04 Å². The average molecular weight is 229 g/mol. The number of likely N-dealkylation sites (N-methyl/N-ethyl adjacent to an activating group) is 1. The summed E-state index contributed by atoms with van der Waals surface area (Å²) in [4.78, 5) is 24.7. The van der Waals surface area contributed by atoms with Crippen LogP contribution in [0.4, 0.5) is 0 Å². The summed E-state index contributed by atoms with van der Waals surface area (Å²) in [5, 5.41) is 2.66. The fourth-order valence-corrected chi connectivity index (χ4v) is 1.61. The zero-order valence-corrected chi connectivity index (χ0v) is 9.73. The summed E-state index contributed by atoms with van der Waals surface area (Å²) < 4.78 is 4.84. The highest BCUT2D eigenvalue weighted by Gasteiger charge is 2.31. The van der Waals surface area contributed by atoms with Crippen LogP contribution in [-0.2, 0) is 14.3 Å². The topological polar surface area (TPSA) is 84.7 Å². The van der Waals surface area contributed by atoms with Crippen LogP contribution in [0.15, 0.2) is 0 Å². The molecular formula is C10H19N3O3. The molecular weight excluding hydrogens is 210 g/mol. The minimum absolute atomic E-state index is 0.0488. The van der Waals surface area contributed by atoms with Gasteiger partial charge in [0.2, 0.25) is 11.8 Å². The number of methoxy groups -OCH3 is 1. The first kappa shape index (κ1) is 12.9. The molecule has 0 aromatic rings. The lowest BCUT2D eigenvalue weighted by atomic mass is 10.2. The number of rotatable bonds is 5. The molecule has 2 atom stereocenters. The molecule has 0 aromatic carbocycles. The lowest BCUT2D eigenvalue weighted by Crippen LogP contribution is -2.48.